The maximum Gasteiger partial charge on any atom is 0.269 e. The molecule has 5 nitrogen and oxygen atoms in total. The van der Waals surface area contributed by atoms with Gasteiger partial charge in [0.1, 0.15) is 5.69 Å². The molecule has 0 fully saturated rings. The number of aromatic amines is 1. The number of likely N-dealkylation sites (N-methyl/N-ethyl adjacent to an activating group) is 1. The molecule has 0 saturated carbocycles. The number of rotatable bonds is 5. The average Bonchev–Trinajstić information content (AvgIpc) is 3.24. The van der Waals surface area contributed by atoms with Crippen LogP contribution in [0.1, 0.15) is 10.5 Å². The van der Waals surface area contributed by atoms with Gasteiger partial charge in [0.25, 0.3) is 5.91 Å². The zero-order valence-corrected chi connectivity index (χ0v) is 16.5. The summed E-state index contributed by atoms with van der Waals surface area (Å²) in [6.07, 6.45) is 0. The fraction of sp³-hybridized carbons (Fsp3) is 0.158. The van der Waals surface area contributed by atoms with E-state index in [2.05, 4.69) is 42.6 Å². The molecule has 0 saturated heterocycles. The minimum Gasteiger partial charge on any atom is -0.353 e. The molecule has 0 aliphatic rings. The molecular weight excluding hydrogens is 412 g/mol. The molecule has 1 amide bonds. The summed E-state index contributed by atoms with van der Waals surface area (Å²) < 4.78 is 1.03. The Labute approximate surface area is 163 Å². The fourth-order valence-corrected chi connectivity index (χ4v) is 4.14. The van der Waals surface area contributed by atoms with Gasteiger partial charge in [-0.15, -0.1) is 11.3 Å². The van der Waals surface area contributed by atoms with Gasteiger partial charge in [0, 0.05) is 40.3 Å². The van der Waals surface area contributed by atoms with Crippen LogP contribution in [-0.4, -0.2) is 36.0 Å². The number of H-pyrrole nitrogens is 1. The smallest absolute Gasteiger partial charge is 0.269 e. The first-order valence-electron chi connectivity index (χ1n) is 8.26. The Kier molecular flexibility index (Phi) is 4.76. The van der Waals surface area contributed by atoms with Crippen molar-refractivity contribution in [1.82, 2.24) is 20.6 Å². The van der Waals surface area contributed by atoms with Gasteiger partial charge in [-0.05, 0) is 41.2 Å². The van der Waals surface area contributed by atoms with Crippen molar-refractivity contribution in [2.24, 2.45) is 0 Å². The van der Waals surface area contributed by atoms with Gasteiger partial charge in [-0.1, -0.05) is 18.2 Å². The molecule has 0 aliphatic heterocycles. The molecule has 3 heterocycles. The summed E-state index contributed by atoms with van der Waals surface area (Å²) in [5.41, 5.74) is 4.19. The molecule has 132 valence electrons. The Morgan fingerprint density at radius 3 is 2.85 bits per heavy atom. The standard InChI is InChI=1S/C19H17BrN4OS/c1-21-6-7-22-19(25)15-9-13-12-4-2-3-5-14(12)23-18(13)17(24-15)11-8-16(20)26-10-11/h2-5,8-10,21,23H,6-7H2,1H3,(H,22,25). The maximum absolute atomic E-state index is 12.6. The lowest BCUT2D eigenvalue weighted by Crippen LogP contribution is -2.31. The molecule has 7 heteroatoms. The van der Waals surface area contributed by atoms with Crippen LogP contribution in [0.2, 0.25) is 0 Å². The maximum atomic E-state index is 12.6. The Bertz CT molecular complexity index is 1100. The highest BCUT2D eigenvalue weighted by atomic mass is 79.9. The van der Waals surface area contributed by atoms with Crippen LogP contribution in [0.3, 0.4) is 0 Å². The minimum absolute atomic E-state index is 0.164. The third-order valence-corrected chi connectivity index (χ3v) is 5.73. The van der Waals surface area contributed by atoms with Gasteiger partial charge in [0.15, 0.2) is 0 Å². The number of carbonyl (C=O) groups excluding carboxylic acids is 1. The third kappa shape index (κ3) is 3.13. The summed E-state index contributed by atoms with van der Waals surface area (Å²) in [6.45, 7) is 1.27. The van der Waals surface area contributed by atoms with Crippen LogP contribution in [0.25, 0.3) is 33.1 Å². The van der Waals surface area contributed by atoms with Crippen LogP contribution in [0.4, 0.5) is 0 Å². The number of para-hydroxylation sites is 1. The summed E-state index contributed by atoms with van der Waals surface area (Å²) in [4.78, 5) is 20.7. The molecule has 3 aromatic heterocycles. The summed E-state index contributed by atoms with van der Waals surface area (Å²) in [5, 5.41) is 10.1. The molecule has 4 rings (SSSR count). The van der Waals surface area contributed by atoms with Crippen molar-refractivity contribution in [2.75, 3.05) is 20.1 Å². The van der Waals surface area contributed by atoms with Crippen LogP contribution in [0, 0.1) is 0 Å². The number of hydrogen-bond donors (Lipinski definition) is 3. The molecule has 4 aromatic rings. The topological polar surface area (TPSA) is 69.8 Å². The number of fused-ring (bicyclic) bond motifs is 3. The molecule has 1 aromatic carbocycles. The number of aromatic nitrogens is 2. The van der Waals surface area contributed by atoms with E-state index in [4.69, 9.17) is 0 Å². The first-order valence-corrected chi connectivity index (χ1v) is 9.93. The van der Waals surface area contributed by atoms with Crippen LogP contribution in [-0.2, 0) is 0 Å². The Hall–Kier alpha value is -2.22. The van der Waals surface area contributed by atoms with Gasteiger partial charge < -0.3 is 15.6 Å². The lowest BCUT2D eigenvalue weighted by Gasteiger charge is -2.07. The quantitative estimate of drug-likeness (QED) is 0.418. The van der Waals surface area contributed by atoms with Crippen molar-refractivity contribution < 1.29 is 4.79 Å². The highest BCUT2D eigenvalue weighted by Crippen LogP contribution is 2.35. The molecule has 0 atom stereocenters. The van der Waals surface area contributed by atoms with Crippen molar-refractivity contribution in [2.45, 2.75) is 0 Å². The number of thiophene rings is 1. The molecule has 0 bridgehead atoms. The Balaban J connectivity index is 1.90. The molecule has 3 N–H and O–H groups in total. The molecule has 0 spiro atoms. The second kappa shape index (κ2) is 7.19. The number of hydrogen-bond acceptors (Lipinski definition) is 4. The zero-order chi connectivity index (χ0) is 18.1. The van der Waals surface area contributed by atoms with Gasteiger partial charge in [-0.2, -0.15) is 0 Å². The molecule has 0 radical (unpaired) electrons. The molecule has 0 aliphatic carbocycles. The summed E-state index contributed by atoms with van der Waals surface area (Å²) >= 11 is 5.11. The molecule has 0 unspecified atom stereocenters. The van der Waals surface area contributed by atoms with E-state index in [1.54, 1.807) is 11.3 Å². The van der Waals surface area contributed by atoms with Crippen molar-refractivity contribution >= 4 is 55.0 Å². The predicted octanol–water partition coefficient (Wildman–Crippen LogP) is 4.16. The number of benzene rings is 1. The Morgan fingerprint density at radius 1 is 1.23 bits per heavy atom. The van der Waals surface area contributed by atoms with Gasteiger partial charge in [0.05, 0.1) is 15.0 Å². The zero-order valence-electron chi connectivity index (χ0n) is 14.1. The SMILES string of the molecule is CNCCNC(=O)c1cc2c([nH]c3ccccc32)c(-c2csc(Br)c2)n1. The van der Waals surface area contributed by atoms with Crippen molar-refractivity contribution in [3.63, 3.8) is 0 Å². The second-order valence-corrected chi connectivity index (χ2v) is 8.24. The van der Waals surface area contributed by atoms with Gasteiger partial charge in [-0.3, -0.25) is 4.79 Å². The van der Waals surface area contributed by atoms with Gasteiger partial charge >= 0.3 is 0 Å². The lowest BCUT2D eigenvalue weighted by atomic mass is 10.1. The summed E-state index contributed by atoms with van der Waals surface area (Å²) in [6, 6.07) is 12.0. The van der Waals surface area contributed by atoms with E-state index >= 15 is 0 Å². The summed E-state index contributed by atoms with van der Waals surface area (Å²) in [5.74, 6) is -0.164. The normalized spacial score (nSPS) is 11.3. The van der Waals surface area contributed by atoms with E-state index in [1.165, 1.54) is 0 Å². The number of pyridine rings is 1. The number of amides is 1. The number of nitrogens with one attached hydrogen (secondary N) is 3. The third-order valence-electron chi connectivity index (χ3n) is 4.23. The second-order valence-electron chi connectivity index (χ2n) is 5.95. The van der Waals surface area contributed by atoms with Crippen LogP contribution >= 0.6 is 27.3 Å². The van der Waals surface area contributed by atoms with E-state index in [1.807, 2.05) is 42.8 Å². The van der Waals surface area contributed by atoms with Crippen molar-refractivity contribution in [3.05, 3.63) is 51.3 Å². The van der Waals surface area contributed by atoms with Crippen molar-refractivity contribution in [1.29, 1.82) is 0 Å². The predicted molar refractivity (Wildman–Crippen MR) is 111 cm³/mol. The number of halogens is 1. The highest BCUT2D eigenvalue weighted by Gasteiger charge is 2.17. The number of nitrogens with zero attached hydrogens (tertiary/aromatic N) is 1. The number of carbonyl (C=O) groups is 1. The van der Waals surface area contributed by atoms with E-state index in [-0.39, 0.29) is 5.91 Å². The summed E-state index contributed by atoms with van der Waals surface area (Å²) in [7, 11) is 1.86. The van der Waals surface area contributed by atoms with Crippen LogP contribution in [0.5, 0.6) is 0 Å². The van der Waals surface area contributed by atoms with Crippen molar-refractivity contribution in [3.8, 4) is 11.3 Å². The monoisotopic (exact) mass is 428 g/mol. The minimum atomic E-state index is -0.164. The average molecular weight is 429 g/mol. The van der Waals surface area contributed by atoms with E-state index in [0.29, 0.717) is 18.8 Å². The molecular formula is C19H17BrN4OS. The van der Waals surface area contributed by atoms with E-state index in [0.717, 1.165) is 36.8 Å². The van der Waals surface area contributed by atoms with E-state index < -0.39 is 0 Å². The first kappa shape index (κ1) is 17.2. The van der Waals surface area contributed by atoms with Gasteiger partial charge in [-0.25, -0.2) is 4.98 Å². The van der Waals surface area contributed by atoms with E-state index in [9.17, 15) is 4.79 Å². The van der Waals surface area contributed by atoms with Gasteiger partial charge in [0.2, 0.25) is 0 Å². The fourth-order valence-electron chi connectivity index (χ4n) is 3.00. The molecule has 26 heavy (non-hydrogen) atoms. The largest absolute Gasteiger partial charge is 0.353 e. The highest BCUT2D eigenvalue weighted by molar-refractivity contribution is 9.11. The van der Waals surface area contributed by atoms with Crippen LogP contribution in [0.15, 0.2) is 45.6 Å². The Morgan fingerprint density at radius 2 is 2.08 bits per heavy atom. The first-order chi connectivity index (χ1) is 12.7. The van der Waals surface area contributed by atoms with Crippen LogP contribution < -0.4 is 10.6 Å². The lowest BCUT2D eigenvalue weighted by molar-refractivity contribution is 0.0949.